The molecule has 0 bridgehead atoms. The number of amides is 1. The summed E-state index contributed by atoms with van der Waals surface area (Å²) < 4.78 is 22.8. The summed E-state index contributed by atoms with van der Waals surface area (Å²) in [4.78, 5) is 30.5. The average molecular weight is 536 g/mol. The summed E-state index contributed by atoms with van der Waals surface area (Å²) in [6, 6.07) is 14.5. The molecule has 0 radical (unpaired) electrons. The molecular formula is C29H27ClFN3O4. The summed E-state index contributed by atoms with van der Waals surface area (Å²) in [5.41, 5.74) is 0.102. The Morgan fingerprint density at radius 2 is 2.03 bits per heavy atom. The van der Waals surface area contributed by atoms with E-state index in [2.05, 4.69) is 4.98 Å². The van der Waals surface area contributed by atoms with Crippen LogP contribution in [0.1, 0.15) is 64.5 Å². The highest BCUT2D eigenvalue weighted by Gasteiger charge is 2.47. The molecule has 1 saturated carbocycles. The Morgan fingerprint density at radius 3 is 2.55 bits per heavy atom. The number of carbonyl (C=O) groups excluding carboxylic acids is 2. The van der Waals surface area contributed by atoms with Gasteiger partial charge >= 0.3 is 0 Å². The fourth-order valence-corrected chi connectivity index (χ4v) is 5.07. The van der Waals surface area contributed by atoms with Crippen LogP contribution in [0.15, 0.2) is 54.7 Å². The number of ether oxygens (including phenoxy) is 1. The van der Waals surface area contributed by atoms with E-state index in [0.717, 1.165) is 6.07 Å². The second-order valence-corrected chi connectivity index (χ2v) is 9.88. The molecule has 38 heavy (non-hydrogen) atoms. The number of rotatable bonds is 9. The third kappa shape index (κ3) is 5.46. The maximum atomic E-state index is 16.1. The minimum Gasteiger partial charge on any atom is -0.393 e. The van der Waals surface area contributed by atoms with Gasteiger partial charge in [0.05, 0.1) is 30.0 Å². The van der Waals surface area contributed by atoms with Crippen molar-refractivity contribution < 1.29 is 23.8 Å². The molecule has 3 aromatic rings. The first kappa shape index (κ1) is 27.4. The van der Waals surface area contributed by atoms with Crippen molar-refractivity contribution in [2.75, 3.05) is 0 Å². The van der Waals surface area contributed by atoms with Crippen molar-refractivity contribution in [3.63, 3.8) is 0 Å². The van der Waals surface area contributed by atoms with Gasteiger partial charge in [0.25, 0.3) is 0 Å². The molecule has 196 valence electrons. The van der Waals surface area contributed by atoms with Crippen LogP contribution in [0.4, 0.5) is 4.39 Å². The fraction of sp³-hybridized carbons (Fsp3) is 0.310. The zero-order valence-electron chi connectivity index (χ0n) is 21.0. The van der Waals surface area contributed by atoms with Gasteiger partial charge in [0.15, 0.2) is 11.5 Å². The maximum absolute atomic E-state index is 16.1. The first-order valence-corrected chi connectivity index (χ1v) is 12.6. The number of aliphatic hydroxyl groups is 1. The Morgan fingerprint density at radius 1 is 1.29 bits per heavy atom. The monoisotopic (exact) mass is 535 g/mol. The average Bonchev–Trinajstić information content (AvgIpc) is 3.31. The number of benzene rings is 2. The van der Waals surface area contributed by atoms with E-state index in [4.69, 9.17) is 21.6 Å². The maximum Gasteiger partial charge on any atom is 0.212 e. The summed E-state index contributed by atoms with van der Waals surface area (Å²) >= 11 is 6.18. The van der Waals surface area contributed by atoms with Crippen LogP contribution in [0.25, 0.3) is 0 Å². The van der Waals surface area contributed by atoms with Gasteiger partial charge in [-0.05, 0) is 75.1 Å². The molecule has 1 N–H and O–H groups in total. The highest BCUT2D eigenvalue weighted by molar-refractivity contribution is 6.30. The molecule has 1 amide bonds. The zero-order chi connectivity index (χ0) is 27.4. The number of carbonyl (C=O) groups is 2. The Balaban J connectivity index is 1.98. The molecule has 4 rings (SSSR count). The number of halogens is 2. The van der Waals surface area contributed by atoms with Crippen molar-refractivity contribution in [2.45, 2.75) is 57.6 Å². The van der Waals surface area contributed by atoms with E-state index in [9.17, 15) is 14.7 Å². The van der Waals surface area contributed by atoms with Crippen molar-refractivity contribution in [2.24, 2.45) is 0 Å². The molecule has 2 aromatic carbocycles. The van der Waals surface area contributed by atoms with Gasteiger partial charge in [0.2, 0.25) is 6.41 Å². The Kier molecular flexibility index (Phi) is 8.22. The summed E-state index contributed by atoms with van der Waals surface area (Å²) in [6.45, 7) is 2.93. The van der Waals surface area contributed by atoms with E-state index in [0.29, 0.717) is 53.1 Å². The molecule has 1 aliphatic rings. The van der Waals surface area contributed by atoms with Crippen LogP contribution in [-0.4, -0.2) is 39.4 Å². The molecule has 7 nitrogen and oxygen atoms in total. The van der Waals surface area contributed by atoms with Crippen molar-refractivity contribution >= 4 is 23.8 Å². The molecule has 0 saturated heterocycles. The van der Waals surface area contributed by atoms with Crippen molar-refractivity contribution in [3.8, 4) is 6.07 Å². The number of nitriles is 1. The largest absolute Gasteiger partial charge is 0.393 e. The number of Topliss-reactive ketones (excluding diaryl/α,β-unsaturated/α-hetero) is 1. The molecule has 1 aliphatic carbocycles. The molecule has 1 heterocycles. The second-order valence-electron chi connectivity index (χ2n) is 9.45. The molecule has 3 atom stereocenters. The van der Waals surface area contributed by atoms with E-state index >= 15 is 4.39 Å². The second kappa shape index (κ2) is 11.4. The van der Waals surface area contributed by atoms with E-state index in [1.807, 2.05) is 6.07 Å². The first-order valence-electron chi connectivity index (χ1n) is 12.2. The highest BCUT2D eigenvalue weighted by Crippen LogP contribution is 2.44. The normalized spacial score (nSPS) is 18.4. The van der Waals surface area contributed by atoms with Crippen LogP contribution in [0.5, 0.6) is 0 Å². The van der Waals surface area contributed by atoms with Crippen molar-refractivity contribution in [1.82, 2.24) is 9.88 Å². The van der Waals surface area contributed by atoms with Crippen LogP contribution in [-0.2, 0) is 21.8 Å². The van der Waals surface area contributed by atoms with Crippen LogP contribution in [0.2, 0.25) is 5.02 Å². The van der Waals surface area contributed by atoms with Gasteiger partial charge in [-0.25, -0.2) is 4.39 Å². The van der Waals surface area contributed by atoms with Gasteiger partial charge in [-0.15, -0.1) is 0 Å². The summed E-state index contributed by atoms with van der Waals surface area (Å²) in [5.74, 6) is -1.02. The van der Waals surface area contributed by atoms with E-state index in [-0.39, 0.29) is 23.5 Å². The third-order valence-corrected chi connectivity index (χ3v) is 7.03. The molecule has 3 unspecified atom stereocenters. The number of hydrogen-bond acceptors (Lipinski definition) is 6. The van der Waals surface area contributed by atoms with E-state index < -0.39 is 23.8 Å². The van der Waals surface area contributed by atoms with Crippen LogP contribution in [0, 0.1) is 24.1 Å². The number of aryl methyl sites for hydroxylation is 1. The van der Waals surface area contributed by atoms with Gasteiger partial charge < -0.3 is 14.7 Å². The number of ketones is 1. The summed E-state index contributed by atoms with van der Waals surface area (Å²) in [7, 11) is 0. The quantitative estimate of drug-likeness (QED) is 0.234. The summed E-state index contributed by atoms with van der Waals surface area (Å²) in [5, 5.41) is 19.8. The van der Waals surface area contributed by atoms with Crippen LogP contribution in [0.3, 0.4) is 0 Å². The minimum absolute atomic E-state index is 0.0620. The van der Waals surface area contributed by atoms with Crippen molar-refractivity contribution in [1.29, 1.82) is 5.26 Å². The molecule has 0 spiro atoms. The topological polar surface area (TPSA) is 104 Å². The van der Waals surface area contributed by atoms with Gasteiger partial charge in [0.1, 0.15) is 11.9 Å². The van der Waals surface area contributed by atoms with Crippen LogP contribution < -0.4 is 0 Å². The third-order valence-electron chi connectivity index (χ3n) is 6.78. The number of hydrogen-bond donors (Lipinski definition) is 1. The SMILES string of the molecule is CC(=O)c1cc(C)c(C(OC2CCC(O)C2)(c2ccc(Cl)cc2)N(C=O)Cc2ccc(C#N)cn2)c(F)c1. The van der Waals surface area contributed by atoms with Gasteiger partial charge in [0, 0.05) is 27.9 Å². The van der Waals surface area contributed by atoms with Gasteiger partial charge in [-0.3, -0.25) is 14.6 Å². The number of aliphatic hydroxyl groups excluding tert-OH is 1. The lowest BCUT2D eigenvalue weighted by Crippen LogP contribution is -2.51. The molecule has 1 aromatic heterocycles. The summed E-state index contributed by atoms with van der Waals surface area (Å²) in [6.07, 6.45) is 2.20. The standard InChI is InChI=1S/C29H27ClFN3O4/c1-18-11-21(19(2)36)12-27(31)28(18)29(22-4-6-23(30)7-5-22,38-26-10-9-25(37)13-26)34(17-35)16-24-8-3-20(14-32)15-33-24/h3-8,11-12,15,17,25-26,37H,9-10,13,16H2,1-2H3. The lowest BCUT2D eigenvalue weighted by atomic mass is 9.87. The first-order chi connectivity index (χ1) is 18.2. The predicted molar refractivity (Wildman–Crippen MR) is 139 cm³/mol. The fourth-order valence-electron chi connectivity index (χ4n) is 4.95. The molecule has 1 fully saturated rings. The van der Waals surface area contributed by atoms with Crippen molar-refractivity contribution in [3.05, 3.63) is 99.1 Å². The highest BCUT2D eigenvalue weighted by atomic mass is 35.5. The Bertz CT molecular complexity index is 1350. The minimum atomic E-state index is -1.79. The smallest absolute Gasteiger partial charge is 0.212 e. The number of aromatic nitrogens is 1. The predicted octanol–water partition coefficient (Wildman–Crippen LogP) is 5.05. The van der Waals surface area contributed by atoms with Gasteiger partial charge in [-0.2, -0.15) is 5.26 Å². The lowest BCUT2D eigenvalue weighted by molar-refractivity contribution is -0.177. The number of nitrogens with zero attached hydrogens (tertiary/aromatic N) is 3. The molecule has 0 aliphatic heterocycles. The Labute approximate surface area is 225 Å². The van der Waals surface area contributed by atoms with Crippen LogP contribution >= 0.6 is 11.6 Å². The molecular weight excluding hydrogens is 509 g/mol. The van der Waals surface area contributed by atoms with E-state index in [1.54, 1.807) is 49.4 Å². The van der Waals surface area contributed by atoms with E-state index in [1.165, 1.54) is 18.0 Å². The number of pyridine rings is 1. The van der Waals surface area contributed by atoms with Gasteiger partial charge in [-0.1, -0.05) is 23.7 Å². The Hall–Kier alpha value is -3.64. The lowest BCUT2D eigenvalue weighted by Gasteiger charge is -2.45. The zero-order valence-corrected chi connectivity index (χ0v) is 21.8. The molecule has 9 heteroatoms.